The zero-order valence-electron chi connectivity index (χ0n) is 16.1. The third-order valence-corrected chi connectivity index (χ3v) is 6.01. The second-order valence-electron chi connectivity index (χ2n) is 8.01. The number of hydrogen-bond donors (Lipinski definition) is 1. The maximum atomic E-state index is 12.6. The van der Waals surface area contributed by atoms with E-state index in [1.54, 1.807) is 9.20 Å². The fourth-order valence-electron chi connectivity index (χ4n) is 4.55. The van der Waals surface area contributed by atoms with Crippen molar-refractivity contribution in [1.29, 1.82) is 0 Å². The van der Waals surface area contributed by atoms with Crippen LogP contribution >= 0.6 is 0 Å². The Labute approximate surface area is 163 Å². The summed E-state index contributed by atoms with van der Waals surface area (Å²) in [5.74, 6) is 1.54. The number of rotatable bonds is 3. The van der Waals surface area contributed by atoms with Gasteiger partial charge in [-0.2, -0.15) is 19.7 Å². The van der Waals surface area contributed by atoms with E-state index in [0.717, 1.165) is 61.3 Å². The molecule has 1 saturated carbocycles. The lowest BCUT2D eigenvalue weighted by atomic mass is 9.91. The van der Waals surface area contributed by atoms with Gasteiger partial charge in [0.15, 0.2) is 0 Å². The lowest BCUT2D eigenvalue weighted by Gasteiger charge is -2.30. The standard InChI is InChI=1S/C20H25N7O/c1-13-10-18(27-20(23-13)21-12-22-27)24-15-6-8-16(9-7-15)26-19(28)11-14-4-2-3-5-17(14)25-26/h10-12,15-16,24H,2-9H2,1H3. The molecular weight excluding hydrogens is 354 g/mol. The molecule has 28 heavy (non-hydrogen) atoms. The van der Waals surface area contributed by atoms with Crippen molar-refractivity contribution < 1.29 is 0 Å². The minimum absolute atomic E-state index is 0.0612. The molecule has 8 nitrogen and oxygen atoms in total. The molecule has 0 aliphatic heterocycles. The molecule has 0 aromatic carbocycles. The van der Waals surface area contributed by atoms with Gasteiger partial charge in [-0.3, -0.25) is 4.79 Å². The van der Waals surface area contributed by atoms with Crippen LogP contribution in [0.3, 0.4) is 0 Å². The average molecular weight is 379 g/mol. The molecule has 3 aromatic rings. The number of fused-ring (bicyclic) bond motifs is 2. The van der Waals surface area contributed by atoms with Crippen LogP contribution in [-0.4, -0.2) is 35.4 Å². The highest BCUT2D eigenvalue weighted by atomic mass is 16.1. The van der Waals surface area contributed by atoms with Crippen molar-refractivity contribution in [1.82, 2.24) is 29.4 Å². The first kappa shape index (κ1) is 17.3. The third-order valence-electron chi connectivity index (χ3n) is 6.01. The molecule has 146 valence electrons. The highest BCUT2D eigenvalue weighted by Gasteiger charge is 2.25. The summed E-state index contributed by atoms with van der Waals surface area (Å²) in [6.07, 6.45) is 9.76. The van der Waals surface area contributed by atoms with E-state index in [9.17, 15) is 4.79 Å². The fraction of sp³-hybridized carbons (Fsp3) is 0.550. The zero-order chi connectivity index (χ0) is 19.1. The van der Waals surface area contributed by atoms with Crippen molar-refractivity contribution in [2.45, 2.75) is 70.4 Å². The topological polar surface area (TPSA) is 90.0 Å². The van der Waals surface area contributed by atoms with Gasteiger partial charge in [0.25, 0.3) is 11.3 Å². The molecule has 0 radical (unpaired) electrons. The van der Waals surface area contributed by atoms with E-state index in [1.807, 2.05) is 19.1 Å². The summed E-state index contributed by atoms with van der Waals surface area (Å²) in [5, 5.41) is 12.6. The van der Waals surface area contributed by atoms with E-state index in [0.29, 0.717) is 11.8 Å². The van der Waals surface area contributed by atoms with Crippen molar-refractivity contribution in [3.05, 3.63) is 45.8 Å². The summed E-state index contributed by atoms with van der Waals surface area (Å²) < 4.78 is 3.50. The number of hydrogen-bond acceptors (Lipinski definition) is 6. The maximum absolute atomic E-state index is 12.6. The molecule has 3 aromatic heterocycles. The molecule has 2 aliphatic carbocycles. The largest absolute Gasteiger partial charge is 0.367 e. The average Bonchev–Trinajstić information content (AvgIpc) is 3.17. The van der Waals surface area contributed by atoms with Gasteiger partial charge < -0.3 is 5.32 Å². The summed E-state index contributed by atoms with van der Waals surface area (Å²) in [6.45, 7) is 1.96. The first-order valence-electron chi connectivity index (χ1n) is 10.2. The highest BCUT2D eigenvalue weighted by molar-refractivity contribution is 5.45. The molecule has 3 heterocycles. The fourth-order valence-corrected chi connectivity index (χ4v) is 4.55. The SMILES string of the molecule is Cc1cc(NC2CCC(n3nc4c(cc3=O)CCCC4)CC2)n2ncnc2n1. The number of aryl methyl sites for hydroxylation is 3. The Balaban J connectivity index is 1.30. The van der Waals surface area contributed by atoms with Crippen molar-refractivity contribution in [2.75, 3.05) is 5.32 Å². The van der Waals surface area contributed by atoms with Crippen LogP contribution in [0, 0.1) is 6.92 Å². The van der Waals surface area contributed by atoms with Crippen LogP contribution in [0.2, 0.25) is 0 Å². The highest BCUT2D eigenvalue weighted by Crippen LogP contribution is 2.29. The Morgan fingerprint density at radius 3 is 2.79 bits per heavy atom. The van der Waals surface area contributed by atoms with Gasteiger partial charge >= 0.3 is 0 Å². The molecule has 1 fully saturated rings. The van der Waals surface area contributed by atoms with Crippen LogP contribution in [0.25, 0.3) is 5.78 Å². The molecule has 0 amide bonds. The van der Waals surface area contributed by atoms with Gasteiger partial charge in [0.2, 0.25) is 0 Å². The molecule has 1 N–H and O–H groups in total. The smallest absolute Gasteiger partial charge is 0.267 e. The number of anilines is 1. The first-order valence-corrected chi connectivity index (χ1v) is 10.2. The van der Waals surface area contributed by atoms with Crippen molar-refractivity contribution >= 4 is 11.6 Å². The molecule has 5 rings (SSSR count). The summed E-state index contributed by atoms with van der Waals surface area (Å²) in [7, 11) is 0. The molecule has 0 atom stereocenters. The van der Waals surface area contributed by atoms with Gasteiger partial charge in [0, 0.05) is 23.9 Å². The van der Waals surface area contributed by atoms with Gasteiger partial charge in [-0.05, 0) is 63.9 Å². The van der Waals surface area contributed by atoms with E-state index in [1.165, 1.54) is 19.2 Å². The molecule has 8 heteroatoms. The number of nitrogens with zero attached hydrogens (tertiary/aromatic N) is 6. The van der Waals surface area contributed by atoms with E-state index in [2.05, 4.69) is 20.4 Å². The number of nitrogens with one attached hydrogen (secondary N) is 1. The monoisotopic (exact) mass is 379 g/mol. The second kappa shape index (κ2) is 7.00. The summed E-state index contributed by atoms with van der Waals surface area (Å²) >= 11 is 0. The molecule has 0 bridgehead atoms. The van der Waals surface area contributed by atoms with Crippen LogP contribution in [0.5, 0.6) is 0 Å². The normalized spacial score (nSPS) is 22.2. The van der Waals surface area contributed by atoms with E-state index in [4.69, 9.17) is 5.10 Å². The lowest BCUT2D eigenvalue weighted by molar-refractivity contribution is 0.300. The number of aromatic nitrogens is 6. The Morgan fingerprint density at radius 1 is 1.11 bits per heavy atom. The Morgan fingerprint density at radius 2 is 1.93 bits per heavy atom. The van der Waals surface area contributed by atoms with Gasteiger partial charge in [-0.15, -0.1) is 0 Å². The minimum Gasteiger partial charge on any atom is -0.367 e. The minimum atomic E-state index is 0.0612. The van der Waals surface area contributed by atoms with Crippen molar-refractivity contribution in [3.63, 3.8) is 0 Å². The van der Waals surface area contributed by atoms with Crippen molar-refractivity contribution in [2.24, 2.45) is 0 Å². The van der Waals surface area contributed by atoms with E-state index >= 15 is 0 Å². The third kappa shape index (κ3) is 3.16. The molecule has 0 saturated heterocycles. The van der Waals surface area contributed by atoms with E-state index in [-0.39, 0.29) is 11.6 Å². The Bertz CT molecular complexity index is 1060. The van der Waals surface area contributed by atoms with Crippen molar-refractivity contribution in [3.8, 4) is 0 Å². The summed E-state index contributed by atoms with van der Waals surface area (Å²) in [5.41, 5.74) is 3.27. The van der Waals surface area contributed by atoms with E-state index < -0.39 is 0 Å². The predicted octanol–water partition coefficient (Wildman–Crippen LogP) is 2.46. The van der Waals surface area contributed by atoms with Crippen LogP contribution < -0.4 is 10.9 Å². The summed E-state index contributed by atoms with van der Waals surface area (Å²) in [6, 6.07) is 4.37. The Hall–Kier alpha value is -2.77. The lowest BCUT2D eigenvalue weighted by Crippen LogP contribution is -2.34. The van der Waals surface area contributed by atoms with Gasteiger partial charge in [-0.25, -0.2) is 9.67 Å². The quantitative estimate of drug-likeness (QED) is 0.752. The second-order valence-corrected chi connectivity index (χ2v) is 8.01. The first-order chi connectivity index (χ1) is 13.7. The van der Waals surface area contributed by atoms with Gasteiger partial charge in [0.1, 0.15) is 12.1 Å². The van der Waals surface area contributed by atoms with Gasteiger partial charge in [-0.1, -0.05) is 0 Å². The van der Waals surface area contributed by atoms with Crippen LogP contribution in [0.1, 0.15) is 61.5 Å². The Kier molecular flexibility index (Phi) is 4.33. The molecule has 2 aliphatic rings. The van der Waals surface area contributed by atoms with Crippen LogP contribution in [0.15, 0.2) is 23.3 Å². The van der Waals surface area contributed by atoms with Gasteiger partial charge in [0.05, 0.1) is 11.7 Å². The zero-order valence-corrected chi connectivity index (χ0v) is 16.1. The predicted molar refractivity (Wildman–Crippen MR) is 106 cm³/mol. The molecular formula is C20H25N7O. The van der Waals surface area contributed by atoms with Crippen LogP contribution in [0.4, 0.5) is 5.82 Å². The maximum Gasteiger partial charge on any atom is 0.267 e. The van der Waals surface area contributed by atoms with Crippen LogP contribution in [-0.2, 0) is 12.8 Å². The molecule has 0 unspecified atom stereocenters. The molecule has 0 spiro atoms. The summed E-state index contributed by atoms with van der Waals surface area (Å²) in [4.78, 5) is 21.1.